The van der Waals surface area contributed by atoms with Gasteiger partial charge in [0.25, 0.3) is 0 Å². The van der Waals surface area contributed by atoms with Crippen molar-refractivity contribution in [2.45, 2.75) is 12.0 Å². The van der Waals surface area contributed by atoms with E-state index in [1.54, 1.807) is 36.4 Å². The van der Waals surface area contributed by atoms with Crippen LogP contribution in [0, 0.1) is 0 Å². The van der Waals surface area contributed by atoms with Crippen LogP contribution in [0.1, 0.15) is 27.9 Å². The Morgan fingerprint density at radius 3 is 2.76 bits per heavy atom. The molecule has 2 aromatic rings. The van der Waals surface area contributed by atoms with Gasteiger partial charge in [0.15, 0.2) is 11.4 Å². The maximum atomic E-state index is 12.5. The minimum Gasteiger partial charge on any atom is -0.507 e. The molecule has 0 radical (unpaired) electrons. The summed E-state index contributed by atoms with van der Waals surface area (Å²) < 4.78 is 11.7. The molecule has 0 saturated carbocycles. The molecule has 5 heteroatoms. The molecule has 5 nitrogen and oxygen atoms in total. The van der Waals surface area contributed by atoms with Gasteiger partial charge in [-0.2, -0.15) is 0 Å². The number of ketones is 1. The second-order valence-electron chi connectivity index (χ2n) is 6.17. The third-order valence-electron chi connectivity index (χ3n) is 4.79. The molecule has 1 spiro atoms. The van der Waals surface area contributed by atoms with Gasteiger partial charge in [-0.3, -0.25) is 4.79 Å². The van der Waals surface area contributed by atoms with Gasteiger partial charge < -0.3 is 14.6 Å². The molecular weight excluding hydrogens is 320 g/mol. The van der Waals surface area contributed by atoms with Crippen molar-refractivity contribution in [3.63, 3.8) is 0 Å². The van der Waals surface area contributed by atoms with Crippen LogP contribution in [-0.2, 0) is 15.1 Å². The van der Waals surface area contributed by atoms with Crippen molar-refractivity contribution in [2.24, 2.45) is 0 Å². The molecule has 1 unspecified atom stereocenters. The van der Waals surface area contributed by atoms with Crippen LogP contribution in [-0.4, -0.2) is 16.9 Å². The van der Waals surface area contributed by atoms with Crippen LogP contribution < -0.4 is 4.74 Å². The molecule has 0 saturated heterocycles. The number of ether oxygens (including phenoxy) is 2. The van der Waals surface area contributed by atoms with E-state index in [1.807, 2.05) is 6.07 Å². The summed E-state index contributed by atoms with van der Waals surface area (Å²) >= 11 is 0. The van der Waals surface area contributed by atoms with Gasteiger partial charge in [0.1, 0.15) is 17.3 Å². The lowest BCUT2D eigenvalue weighted by atomic mass is 9.74. The Hall–Kier alpha value is -3.34. The Morgan fingerprint density at radius 1 is 1.04 bits per heavy atom. The minimum absolute atomic E-state index is 0.0288. The predicted molar refractivity (Wildman–Crippen MR) is 87.2 cm³/mol. The highest BCUT2D eigenvalue weighted by Crippen LogP contribution is 2.57. The number of fused-ring (bicyclic) bond motifs is 6. The van der Waals surface area contributed by atoms with Crippen molar-refractivity contribution < 1.29 is 24.2 Å². The first kappa shape index (κ1) is 14.0. The van der Waals surface area contributed by atoms with Gasteiger partial charge >= 0.3 is 5.97 Å². The molecule has 5 rings (SSSR count). The number of aromatic hydroxyl groups is 1. The molecule has 1 N–H and O–H groups in total. The van der Waals surface area contributed by atoms with E-state index in [1.165, 1.54) is 12.1 Å². The molecule has 0 bridgehead atoms. The fraction of sp³-hybridized carbons (Fsp3) is 0.100. The zero-order chi connectivity index (χ0) is 17.2. The number of phenols is 1. The van der Waals surface area contributed by atoms with Crippen molar-refractivity contribution in [1.29, 1.82) is 0 Å². The van der Waals surface area contributed by atoms with Gasteiger partial charge in [-0.1, -0.05) is 30.3 Å². The molecule has 0 amide bonds. The second kappa shape index (κ2) is 4.60. The van der Waals surface area contributed by atoms with Crippen molar-refractivity contribution in [3.05, 3.63) is 82.6 Å². The van der Waals surface area contributed by atoms with Crippen molar-refractivity contribution in [2.75, 3.05) is 0 Å². The number of hydrogen-bond donors (Lipinski definition) is 1. The standard InChI is InChI=1S/C20H12O5/c21-11-8-9-14-17(10-11)24-16-7-3-6-15(22)18(16)20(14)13-5-2-1-4-12(13)19(23)25-20/h1-7,9-10,22H,8H2. The van der Waals surface area contributed by atoms with E-state index in [0.717, 1.165) is 0 Å². The summed E-state index contributed by atoms with van der Waals surface area (Å²) in [6.07, 6.45) is 3.31. The number of benzene rings is 2. The zero-order valence-corrected chi connectivity index (χ0v) is 13.0. The number of phenolic OH excluding ortho intramolecular Hbond substituents is 1. The van der Waals surface area contributed by atoms with Gasteiger partial charge in [0, 0.05) is 23.6 Å². The average molecular weight is 332 g/mol. The Balaban J connectivity index is 1.92. The third-order valence-corrected chi connectivity index (χ3v) is 4.79. The average Bonchev–Trinajstić information content (AvgIpc) is 2.88. The Kier molecular flexibility index (Phi) is 2.58. The molecule has 2 aromatic carbocycles. The smallest absolute Gasteiger partial charge is 0.340 e. The highest BCUT2D eigenvalue weighted by Gasteiger charge is 2.56. The van der Waals surface area contributed by atoms with E-state index in [-0.39, 0.29) is 18.0 Å². The molecule has 3 aliphatic rings. The number of carbonyl (C=O) groups is 2. The minimum atomic E-state index is -1.31. The van der Waals surface area contributed by atoms with Crippen LogP contribution in [0.2, 0.25) is 0 Å². The summed E-state index contributed by atoms with van der Waals surface area (Å²) in [7, 11) is 0. The van der Waals surface area contributed by atoms with Crippen LogP contribution in [0.25, 0.3) is 0 Å². The fourth-order valence-electron chi connectivity index (χ4n) is 3.80. The molecule has 1 aliphatic carbocycles. The first-order chi connectivity index (χ1) is 12.1. The predicted octanol–water partition coefficient (Wildman–Crippen LogP) is 2.98. The largest absolute Gasteiger partial charge is 0.507 e. The summed E-state index contributed by atoms with van der Waals surface area (Å²) in [4.78, 5) is 24.4. The first-order valence-corrected chi connectivity index (χ1v) is 7.90. The van der Waals surface area contributed by atoms with E-state index in [4.69, 9.17) is 9.47 Å². The third kappa shape index (κ3) is 1.67. The summed E-state index contributed by atoms with van der Waals surface area (Å²) in [5.74, 6) is 0.124. The van der Waals surface area contributed by atoms with E-state index in [0.29, 0.717) is 33.8 Å². The van der Waals surface area contributed by atoms with Crippen LogP contribution in [0.4, 0.5) is 0 Å². The van der Waals surface area contributed by atoms with Gasteiger partial charge in [-0.25, -0.2) is 4.79 Å². The van der Waals surface area contributed by atoms with Crippen LogP contribution in [0.15, 0.2) is 65.9 Å². The maximum absolute atomic E-state index is 12.5. The van der Waals surface area contributed by atoms with Crippen molar-refractivity contribution in [3.8, 4) is 11.5 Å². The molecule has 25 heavy (non-hydrogen) atoms. The zero-order valence-electron chi connectivity index (χ0n) is 13.0. The number of rotatable bonds is 0. The molecule has 2 aliphatic heterocycles. The summed E-state index contributed by atoms with van der Waals surface area (Å²) in [6, 6.07) is 11.9. The second-order valence-corrected chi connectivity index (χ2v) is 6.17. The molecule has 2 heterocycles. The lowest BCUT2D eigenvalue weighted by Gasteiger charge is -2.39. The fourth-order valence-corrected chi connectivity index (χ4v) is 3.80. The summed E-state index contributed by atoms with van der Waals surface area (Å²) in [5, 5.41) is 10.6. The van der Waals surface area contributed by atoms with Crippen molar-refractivity contribution >= 4 is 11.8 Å². The van der Waals surface area contributed by atoms with Crippen LogP contribution in [0.5, 0.6) is 11.5 Å². The van der Waals surface area contributed by atoms with Gasteiger partial charge in [0.2, 0.25) is 0 Å². The molecular formula is C20H12O5. The van der Waals surface area contributed by atoms with Gasteiger partial charge in [0.05, 0.1) is 11.1 Å². The van der Waals surface area contributed by atoms with Crippen molar-refractivity contribution in [1.82, 2.24) is 0 Å². The highest BCUT2D eigenvalue weighted by molar-refractivity contribution is 5.99. The van der Waals surface area contributed by atoms with E-state index >= 15 is 0 Å². The molecule has 0 fully saturated rings. The number of esters is 1. The molecule has 1 atom stereocenters. The topological polar surface area (TPSA) is 72.8 Å². The van der Waals surface area contributed by atoms with Gasteiger partial charge in [-0.15, -0.1) is 0 Å². The Bertz CT molecular complexity index is 1030. The van der Waals surface area contributed by atoms with E-state index < -0.39 is 11.6 Å². The lowest BCUT2D eigenvalue weighted by molar-refractivity contribution is -0.114. The quantitative estimate of drug-likeness (QED) is 0.751. The maximum Gasteiger partial charge on any atom is 0.340 e. The number of carbonyl (C=O) groups excluding carboxylic acids is 2. The number of hydrogen-bond acceptors (Lipinski definition) is 5. The highest BCUT2D eigenvalue weighted by atomic mass is 16.6. The SMILES string of the molecule is O=C1C=C2Oc3cccc(O)c3C3(OC(=O)c4ccccc43)C2=CC1. The Morgan fingerprint density at radius 2 is 1.88 bits per heavy atom. The first-order valence-electron chi connectivity index (χ1n) is 7.90. The molecule has 0 aromatic heterocycles. The van der Waals surface area contributed by atoms with E-state index in [2.05, 4.69) is 0 Å². The normalized spacial score (nSPS) is 23.0. The Labute approximate surface area is 142 Å². The van der Waals surface area contributed by atoms with Gasteiger partial charge in [-0.05, 0) is 18.2 Å². The van der Waals surface area contributed by atoms with E-state index in [9.17, 15) is 14.7 Å². The summed E-state index contributed by atoms with van der Waals surface area (Å²) in [5.41, 5.74) is 0.720. The van der Waals surface area contributed by atoms with Crippen LogP contribution >= 0.6 is 0 Å². The lowest BCUT2D eigenvalue weighted by Crippen LogP contribution is -2.37. The monoisotopic (exact) mass is 332 g/mol. The van der Waals surface area contributed by atoms with Crippen LogP contribution in [0.3, 0.4) is 0 Å². The summed E-state index contributed by atoms with van der Waals surface area (Å²) in [6.45, 7) is 0. The number of allylic oxidation sites excluding steroid dienone is 2. The molecule has 122 valence electrons.